The molecule has 0 saturated carbocycles. The van der Waals surface area contributed by atoms with Crippen LogP contribution in [0.5, 0.6) is 5.75 Å². The zero-order valence-electron chi connectivity index (χ0n) is 16.4. The lowest BCUT2D eigenvalue weighted by Crippen LogP contribution is -2.29. The van der Waals surface area contributed by atoms with Gasteiger partial charge >= 0.3 is 0 Å². The standard InChI is InChI=1S/C24H21NO4S/c1-2-14-29-18-12-10-16(11-13-18)22(26)20-21(19-9-6-15-30-19)25(24(28)23(20)27)17-7-4-3-5-8-17/h3-13,15,21,26H,2,14H2,1H3/b22-20-. The van der Waals surface area contributed by atoms with Crippen LogP contribution < -0.4 is 9.64 Å². The van der Waals surface area contributed by atoms with E-state index in [0.717, 1.165) is 11.3 Å². The first kappa shape index (κ1) is 19.9. The number of ketones is 1. The molecular weight excluding hydrogens is 398 g/mol. The van der Waals surface area contributed by atoms with E-state index < -0.39 is 17.7 Å². The van der Waals surface area contributed by atoms with Gasteiger partial charge in [-0.1, -0.05) is 31.2 Å². The Hall–Kier alpha value is -3.38. The highest BCUT2D eigenvalue weighted by atomic mass is 32.1. The van der Waals surface area contributed by atoms with Crippen LogP contribution in [0.3, 0.4) is 0 Å². The van der Waals surface area contributed by atoms with Crippen LogP contribution in [-0.4, -0.2) is 23.4 Å². The molecule has 0 radical (unpaired) electrons. The number of rotatable bonds is 6. The second-order valence-corrected chi connectivity index (χ2v) is 7.87. The minimum atomic E-state index is -0.693. The van der Waals surface area contributed by atoms with Crippen molar-refractivity contribution in [3.63, 3.8) is 0 Å². The van der Waals surface area contributed by atoms with Crippen molar-refractivity contribution >= 4 is 34.5 Å². The number of Topliss-reactive ketones (excluding diaryl/α,β-unsaturated/α-hetero) is 1. The van der Waals surface area contributed by atoms with Gasteiger partial charge in [0.05, 0.1) is 12.2 Å². The van der Waals surface area contributed by atoms with E-state index in [-0.39, 0.29) is 11.3 Å². The van der Waals surface area contributed by atoms with E-state index in [1.54, 1.807) is 36.4 Å². The number of anilines is 1. The average Bonchev–Trinajstić information content (AvgIpc) is 3.40. The van der Waals surface area contributed by atoms with Crippen LogP contribution in [0.4, 0.5) is 5.69 Å². The van der Waals surface area contributed by atoms with Crippen LogP contribution in [0.1, 0.15) is 29.8 Å². The summed E-state index contributed by atoms with van der Waals surface area (Å²) in [7, 11) is 0. The van der Waals surface area contributed by atoms with Gasteiger partial charge in [0.1, 0.15) is 17.6 Å². The van der Waals surface area contributed by atoms with Crippen molar-refractivity contribution in [2.75, 3.05) is 11.5 Å². The van der Waals surface area contributed by atoms with Crippen molar-refractivity contribution in [3.8, 4) is 5.75 Å². The molecule has 3 aromatic rings. The summed E-state index contributed by atoms with van der Waals surface area (Å²) in [5, 5.41) is 12.9. The van der Waals surface area contributed by atoms with Gasteiger partial charge in [-0.3, -0.25) is 14.5 Å². The topological polar surface area (TPSA) is 66.8 Å². The molecule has 0 aliphatic carbocycles. The molecule has 1 saturated heterocycles. The summed E-state index contributed by atoms with van der Waals surface area (Å²) < 4.78 is 5.58. The van der Waals surface area contributed by atoms with Gasteiger partial charge in [0.2, 0.25) is 0 Å². The molecule has 1 aliphatic rings. The van der Waals surface area contributed by atoms with E-state index in [2.05, 4.69) is 0 Å². The summed E-state index contributed by atoms with van der Waals surface area (Å²) in [6.45, 7) is 2.63. The average molecular weight is 420 g/mol. The molecule has 6 heteroatoms. The zero-order chi connectivity index (χ0) is 21.1. The summed E-state index contributed by atoms with van der Waals surface area (Å²) in [4.78, 5) is 28.2. The number of hydrogen-bond donors (Lipinski definition) is 1. The van der Waals surface area contributed by atoms with Crippen LogP contribution in [0.2, 0.25) is 0 Å². The maximum Gasteiger partial charge on any atom is 0.300 e. The number of amides is 1. The number of ether oxygens (including phenoxy) is 1. The molecule has 152 valence electrons. The first-order valence-corrected chi connectivity index (χ1v) is 10.6. The van der Waals surface area contributed by atoms with Crippen molar-refractivity contribution < 1.29 is 19.4 Å². The smallest absolute Gasteiger partial charge is 0.300 e. The molecule has 4 rings (SSSR count). The van der Waals surface area contributed by atoms with Crippen LogP contribution in [0.15, 0.2) is 77.7 Å². The number of thiophene rings is 1. The number of aliphatic hydroxyl groups excluding tert-OH is 1. The third-order valence-corrected chi connectivity index (χ3v) is 5.82. The molecule has 2 heterocycles. The van der Waals surface area contributed by atoms with E-state index in [1.165, 1.54) is 16.2 Å². The molecule has 30 heavy (non-hydrogen) atoms. The second kappa shape index (κ2) is 8.55. The lowest BCUT2D eigenvalue weighted by Gasteiger charge is -2.24. The molecule has 1 aliphatic heterocycles. The number of nitrogens with zero attached hydrogens (tertiary/aromatic N) is 1. The van der Waals surface area contributed by atoms with Crippen molar-refractivity contribution in [2.45, 2.75) is 19.4 Å². The first-order valence-electron chi connectivity index (χ1n) is 9.74. The lowest BCUT2D eigenvalue weighted by atomic mass is 9.99. The summed E-state index contributed by atoms with van der Waals surface area (Å²) in [5.74, 6) is -0.842. The fourth-order valence-electron chi connectivity index (χ4n) is 3.49. The van der Waals surface area contributed by atoms with Crippen LogP contribution in [0.25, 0.3) is 5.76 Å². The number of carbonyl (C=O) groups is 2. The third-order valence-electron chi connectivity index (χ3n) is 4.89. The van der Waals surface area contributed by atoms with Crippen LogP contribution >= 0.6 is 11.3 Å². The SMILES string of the molecule is CCCOc1ccc(/C(O)=C2/C(=O)C(=O)N(c3ccccc3)C2c2cccs2)cc1. The molecule has 1 atom stereocenters. The van der Waals surface area contributed by atoms with E-state index >= 15 is 0 Å². The van der Waals surface area contributed by atoms with Gasteiger partial charge in [-0.2, -0.15) is 0 Å². The number of carbonyl (C=O) groups excluding carboxylic acids is 2. The number of para-hydroxylation sites is 1. The predicted octanol–water partition coefficient (Wildman–Crippen LogP) is 5.16. The third kappa shape index (κ3) is 3.62. The quantitative estimate of drug-likeness (QED) is 0.340. The number of aliphatic hydroxyl groups is 1. The molecule has 0 bridgehead atoms. The van der Waals surface area contributed by atoms with Crippen molar-refractivity contribution in [3.05, 3.63) is 88.1 Å². The normalized spacial score (nSPS) is 18.0. The minimum absolute atomic E-state index is 0.0912. The fourth-order valence-corrected chi connectivity index (χ4v) is 4.31. The highest BCUT2D eigenvalue weighted by Crippen LogP contribution is 2.43. The Bertz CT molecular complexity index is 1070. The van der Waals surface area contributed by atoms with E-state index in [1.807, 2.05) is 42.6 Å². The van der Waals surface area contributed by atoms with E-state index in [9.17, 15) is 14.7 Å². The van der Waals surface area contributed by atoms with Crippen molar-refractivity contribution in [1.29, 1.82) is 0 Å². The molecular formula is C24H21NO4S. The Morgan fingerprint density at radius 1 is 1.03 bits per heavy atom. The summed E-state index contributed by atoms with van der Waals surface area (Å²) >= 11 is 1.44. The number of hydrogen-bond acceptors (Lipinski definition) is 5. The Labute approximate surface area is 178 Å². The summed E-state index contributed by atoms with van der Waals surface area (Å²) in [6.07, 6.45) is 0.894. The van der Waals surface area contributed by atoms with Gasteiger partial charge in [-0.15, -0.1) is 11.3 Å². The molecule has 1 aromatic heterocycles. The van der Waals surface area contributed by atoms with E-state index in [0.29, 0.717) is 23.6 Å². The second-order valence-electron chi connectivity index (χ2n) is 6.89. The largest absolute Gasteiger partial charge is 0.507 e. The first-order chi connectivity index (χ1) is 14.6. The highest BCUT2D eigenvalue weighted by molar-refractivity contribution is 7.10. The summed E-state index contributed by atoms with van der Waals surface area (Å²) in [5.41, 5.74) is 1.17. The maximum absolute atomic E-state index is 13.0. The fraction of sp³-hybridized carbons (Fsp3) is 0.167. The van der Waals surface area contributed by atoms with Crippen molar-refractivity contribution in [1.82, 2.24) is 0 Å². The Balaban J connectivity index is 1.80. The Morgan fingerprint density at radius 3 is 2.40 bits per heavy atom. The van der Waals surface area contributed by atoms with Gasteiger partial charge < -0.3 is 9.84 Å². The molecule has 5 nitrogen and oxygen atoms in total. The van der Waals surface area contributed by atoms with Gasteiger partial charge in [0, 0.05) is 16.1 Å². The predicted molar refractivity (Wildman–Crippen MR) is 118 cm³/mol. The molecule has 1 fully saturated rings. The molecule has 1 N–H and O–H groups in total. The van der Waals surface area contributed by atoms with Crippen LogP contribution in [0, 0.1) is 0 Å². The maximum atomic E-state index is 13.0. The lowest BCUT2D eigenvalue weighted by molar-refractivity contribution is -0.132. The van der Waals surface area contributed by atoms with Gasteiger partial charge in [0.25, 0.3) is 11.7 Å². The van der Waals surface area contributed by atoms with Gasteiger partial charge in [0.15, 0.2) is 0 Å². The zero-order valence-corrected chi connectivity index (χ0v) is 17.3. The molecule has 0 spiro atoms. The van der Waals surface area contributed by atoms with E-state index in [4.69, 9.17) is 4.74 Å². The molecule has 1 amide bonds. The Kier molecular flexibility index (Phi) is 5.68. The van der Waals surface area contributed by atoms with Gasteiger partial charge in [-0.25, -0.2) is 0 Å². The molecule has 1 unspecified atom stereocenters. The highest BCUT2D eigenvalue weighted by Gasteiger charge is 2.47. The van der Waals surface area contributed by atoms with Crippen LogP contribution in [-0.2, 0) is 9.59 Å². The van der Waals surface area contributed by atoms with Crippen molar-refractivity contribution in [2.24, 2.45) is 0 Å². The minimum Gasteiger partial charge on any atom is -0.507 e. The Morgan fingerprint density at radius 2 is 1.77 bits per heavy atom. The summed E-state index contributed by atoms with van der Waals surface area (Å²) in [6, 6.07) is 19.0. The number of benzene rings is 2. The molecule has 2 aromatic carbocycles. The monoisotopic (exact) mass is 419 g/mol. The van der Waals surface area contributed by atoms with Gasteiger partial charge in [-0.05, 0) is 54.3 Å².